The minimum atomic E-state index is -0.379. The highest BCUT2D eigenvalue weighted by Crippen LogP contribution is 2.44. The fourth-order valence-electron chi connectivity index (χ4n) is 3.22. The van der Waals surface area contributed by atoms with Gasteiger partial charge in [-0.25, -0.2) is 4.79 Å². The molecule has 2 aromatic rings. The highest BCUT2D eigenvalue weighted by Gasteiger charge is 2.48. The van der Waals surface area contributed by atoms with Crippen LogP contribution in [0.15, 0.2) is 72.8 Å². The molecule has 1 heterocycles. The van der Waals surface area contributed by atoms with Gasteiger partial charge in [-0.3, -0.25) is 9.69 Å². The molecular formula is C20H20N2O2. The summed E-state index contributed by atoms with van der Waals surface area (Å²) in [4.78, 5) is 28.4. The zero-order chi connectivity index (χ0) is 17.3. The minimum Gasteiger partial charge on any atom is -0.318 e. The van der Waals surface area contributed by atoms with Crippen molar-refractivity contribution in [3.8, 4) is 0 Å². The lowest BCUT2D eigenvalue weighted by Crippen LogP contribution is -2.36. The van der Waals surface area contributed by atoms with Gasteiger partial charge < -0.3 is 4.90 Å². The quantitative estimate of drug-likeness (QED) is 0.804. The van der Waals surface area contributed by atoms with Crippen molar-refractivity contribution in [3.63, 3.8) is 0 Å². The second kappa shape index (κ2) is 6.32. The summed E-state index contributed by atoms with van der Waals surface area (Å²) in [6.07, 6.45) is 0. The first kappa shape index (κ1) is 16.0. The van der Waals surface area contributed by atoms with Crippen LogP contribution in [0.3, 0.4) is 0 Å². The zero-order valence-corrected chi connectivity index (χ0v) is 13.8. The summed E-state index contributed by atoms with van der Waals surface area (Å²) in [5.41, 5.74) is 2.28. The summed E-state index contributed by atoms with van der Waals surface area (Å²) >= 11 is 0. The zero-order valence-electron chi connectivity index (χ0n) is 13.8. The summed E-state index contributed by atoms with van der Waals surface area (Å²) in [5.74, 6) is -0.334. The first-order chi connectivity index (χ1) is 11.5. The van der Waals surface area contributed by atoms with Crippen LogP contribution in [0.1, 0.15) is 30.1 Å². The number of amides is 3. The lowest BCUT2D eigenvalue weighted by Gasteiger charge is -2.27. The van der Waals surface area contributed by atoms with Crippen molar-refractivity contribution < 1.29 is 9.59 Å². The van der Waals surface area contributed by atoms with Crippen LogP contribution in [0.4, 0.5) is 4.79 Å². The molecule has 0 unspecified atom stereocenters. The number of rotatable bonds is 3. The Balaban J connectivity index is 2.15. The molecule has 4 nitrogen and oxygen atoms in total. The Kier molecular flexibility index (Phi) is 4.21. The third-order valence-corrected chi connectivity index (χ3v) is 4.37. The van der Waals surface area contributed by atoms with Crippen LogP contribution < -0.4 is 0 Å². The number of imide groups is 1. The maximum atomic E-state index is 12.8. The van der Waals surface area contributed by atoms with E-state index in [0.29, 0.717) is 5.57 Å². The SMILES string of the molecule is C=C(C)C(=O)N1C(=O)N(C)[C@@H](c2ccccc2)[C@@H]1c1ccccc1. The van der Waals surface area contributed by atoms with Crippen molar-refractivity contribution in [3.05, 3.63) is 83.9 Å². The van der Waals surface area contributed by atoms with Gasteiger partial charge in [0.1, 0.15) is 0 Å². The van der Waals surface area contributed by atoms with Gasteiger partial charge in [0, 0.05) is 12.6 Å². The largest absolute Gasteiger partial charge is 0.327 e. The molecule has 0 aliphatic carbocycles. The number of benzene rings is 2. The topological polar surface area (TPSA) is 40.6 Å². The summed E-state index contributed by atoms with van der Waals surface area (Å²) < 4.78 is 0. The van der Waals surface area contributed by atoms with Crippen LogP contribution in [-0.4, -0.2) is 28.8 Å². The van der Waals surface area contributed by atoms with E-state index in [4.69, 9.17) is 0 Å². The monoisotopic (exact) mass is 320 g/mol. The van der Waals surface area contributed by atoms with Crippen molar-refractivity contribution >= 4 is 11.9 Å². The molecule has 1 saturated heterocycles. The van der Waals surface area contributed by atoms with Crippen LogP contribution in [-0.2, 0) is 4.79 Å². The van der Waals surface area contributed by atoms with Crippen LogP contribution in [0.25, 0.3) is 0 Å². The molecular weight excluding hydrogens is 300 g/mol. The smallest absolute Gasteiger partial charge is 0.318 e. The molecule has 1 fully saturated rings. The predicted octanol–water partition coefficient (Wildman–Crippen LogP) is 3.94. The van der Waals surface area contributed by atoms with Gasteiger partial charge in [0.25, 0.3) is 5.91 Å². The number of hydrogen-bond acceptors (Lipinski definition) is 2. The second-order valence-corrected chi connectivity index (χ2v) is 6.06. The molecule has 24 heavy (non-hydrogen) atoms. The highest BCUT2D eigenvalue weighted by molar-refractivity contribution is 6.04. The maximum absolute atomic E-state index is 12.8. The average Bonchev–Trinajstić information content (AvgIpc) is 2.87. The van der Waals surface area contributed by atoms with E-state index in [1.54, 1.807) is 18.9 Å². The third-order valence-electron chi connectivity index (χ3n) is 4.37. The lowest BCUT2D eigenvalue weighted by atomic mass is 9.93. The van der Waals surface area contributed by atoms with Gasteiger partial charge in [-0.05, 0) is 18.1 Å². The number of carbonyl (C=O) groups excluding carboxylic acids is 2. The Hall–Kier alpha value is -2.88. The van der Waals surface area contributed by atoms with E-state index in [2.05, 4.69) is 6.58 Å². The second-order valence-electron chi connectivity index (χ2n) is 6.06. The fourth-order valence-corrected chi connectivity index (χ4v) is 3.22. The molecule has 1 aliphatic heterocycles. The molecule has 4 heteroatoms. The average molecular weight is 320 g/mol. The first-order valence-electron chi connectivity index (χ1n) is 7.88. The van der Waals surface area contributed by atoms with Gasteiger partial charge in [-0.15, -0.1) is 0 Å². The molecule has 2 atom stereocenters. The third kappa shape index (κ3) is 2.60. The normalized spacial score (nSPS) is 20.3. The standard InChI is InChI=1S/C20H20N2O2/c1-14(2)19(23)22-18(16-12-8-5-9-13-16)17(21(3)20(22)24)15-10-6-4-7-11-15/h4-13,17-18H,1H2,2-3H3/t17-,18-/m0/s1. The molecule has 3 rings (SSSR count). The van der Waals surface area contributed by atoms with Crippen LogP contribution >= 0.6 is 0 Å². The van der Waals surface area contributed by atoms with Gasteiger partial charge in [0.2, 0.25) is 0 Å². The first-order valence-corrected chi connectivity index (χ1v) is 7.88. The fraction of sp³-hybridized carbons (Fsp3) is 0.200. The van der Waals surface area contributed by atoms with E-state index in [1.165, 1.54) is 4.90 Å². The van der Waals surface area contributed by atoms with Crippen molar-refractivity contribution in [2.24, 2.45) is 0 Å². The molecule has 0 N–H and O–H groups in total. The summed E-state index contributed by atoms with van der Waals surface area (Å²) in [6, 6.07) is 18.5. The van der Waals surface area contributed by atoms with Crippen LogP contribution in [0, 0.1) is 0 Å². The van der Waals surface area contributed by atoms with E-state index in [0.717, 1.165) is 11.1 Å². The number of urea groups is 1. The Labute approximate surface area is 142 Å². The van der Waals surface area contributed by atoms with E-state index >= 15 is 0 Å². The molecule has 2 aromatic carbocycles. The van der Waals surface area contributed by atoms with E-state index in [1.807, 2.05) is 60.7 Å². The van der Waals surface area contributed by atoms with E-state index < -0.39 is 0 Å². The molecule has 0 bridgehead atoms. The molecule has 122 valence electrons. The molecule has 0 radical (unpaired) electrons. The molecule has 1 aliphatic rings. The van der Waals surface area contributed by atoms with Crippen molar-refractivity contribution in [2.75, 3.05) is 7.05 Å². The minimum absolute atomic E-state index is 0.232. The molecule has 0 spiro atoms. The van der Waals surface area contributed by atoms with Crippen molar-refractivity contribution in [2.45, 2.75) is 19.0 Å². The summed E-state index contributed by atoms with van der Waals surface area (Å²) in [5, 5.41) is 0. The van der Waals surface area contributed by atoms with Gasteiger partial charge in [0.05, 0.1) is 12.1 Å². The van der Waals surface area contributed by atoms with Crippen molar-refractivity contribution in [1.29, 1.82) is 0 Å². The molecule has 0 aromatic heterocycles. The van der Waals surface area contributed by atoms with Gasteiger partial charge in [-0.2, -0.15) is 0 Å². The highest BCUT2D eigenvalue weighted by atomic mass is 16.2. The lowest BCUT2D eigenvalue weighted by molar-refractivity contribution is -0.125. The van der Waals surface area contributed by atoms with Crippen molar-refractivity contribution in [1.82, 2.24) is 9.80 Å². The Bertz CT molecular complexity index is 771. The van der Waals surface area contributed by atoms with Gasteiger partial charge in [-0.1, -0.05) is 67.2 Å². The number of hydrogen-bond donors (Lipinski definition) is 0. The van der Waals surface area contributed by atoms with Gasteiger partial charge >= 0.3 is 6.03 Å². The predicted molar refractivity (Wildman–Crippen MR) is 93.2 cm³/mol. The molecule has 0 saturated carbocycles. The van der Waals surface area contributed by atoms with Crippen LogP contribution in [0.2, 0.25) is 0 Å². The Morgan fingerprint density at radius 3 is 1.83 bits per heavy atom. The molecule has 3 amide bonds. The van der Waals surface area contributed by atoms with Crippen LogP contribution in [0.5, 0.6) is 0 Å². The van der Waals surface area contributed by atoms with Gasteiger partial charge in [0.15, 0.2) is 0 Å². The number of carbonyl (C=O) groups is 2. The Morgan fingerprint density at radius 1 is 0.917 bits per heavy atom. The number of nitrogens with zero attached hydrogens (tertiary/aromatic N) is 2. The summed E-state index contributed by atoms with van der Waals surface area (Å²) in [6.45, 7) is 5.36. The van der Waals surface area contributed by atoms with E-state index in [-0.39, 0.29) is 24.0 Å². The van der Waals surface area contributed by atoms with E-state index in [9.17, 15) is 9.59 Å². The Morgan fingerprint density at radius 2 is 1.38 bits per heavy atom. The maximum Gasteiger partial charge on any atom is 0.327 e. The summed E-state index contributed by atoms with van der Waals surface area (Å²) in [7, 11) is 1.74. The number of likely N-dealkylation sites (N-methyl/N-ethyl adjacent to an activating group) is 1.